The van der Waals surface area contributed by atoms with E-state index in [2.05, 4.69) is 31.9 Å². The van der Waals surface area contributed by atoms with E-state index in [1.807, 2.05) is 0 Å². The zero-order chi connectivity index (χ0) is 10.6. The summed E-state index contributed by atoms with van der Waals surface area (Å²) < 4.78 is 26.9. The number of halogens is 4. The van der Waals surface area contributed by atoms with Crippen molar-refractivity contribution < 1.29 is 8.78 Å². The number of hydrogen-bond acceptors (Lipinski definition) is 0. The fraction of sp³-hybridized carbons (Fsp3) is 0.400. The highest BCUT2D eigenvalue weighted by molar-refractivity contribution is 9.10. The Balaban J connectivity index is 2.79. The molecule has 0 aliphatic heterocycles. The zero-order valence-electron chi connectivity index (χ0n) is 7.49. The van der Waals surface area contributed by atoms with Gasteiger partial charge in [-0.15, -0.1) is 0 Å². The first kappa shape index (κ1) is 12.1. The molecule has 1 aromatic carbocycles. The molecule has 0 aliphatic rings. The quantitative estimate of drug-likeness (QED) is 0.435. The van der Waals surface area contributed by atoms with Gasteiger partial charge in [-0.05, 0) is 47.3 Å². The molecular weight excluding hydrogens is 318 g/mol. The summed E-state index contributed by atoms with van der Waals surface area (Å²) in [6.07, 6.45) is 2.16. The summed E-state index contributed by atoms with van der Waals surface area (Å²) in [6.45, 7) is 0. The van der Waals surface area contributed by atoms with E-state index in [1.165, 1.54) is 12.1 Å². The fourth-order valence-electron chi connectivity index (χ4n) is 1.19. The second-order valence-electron chi connectivity index (χ2n) is 2.97. The highest BCUT2D eigenvalue weighted by Gasteiger charge is 2.11. The van der Waals surface area contributed by atoms with Gasteiger partial charge in [-0.3, -0.25) is 0 Å². The average molecular weight is 328 g/mol. The SMILES string of the molecule is Fc1ccc(Br)c(F)c1CCCCBr. The topological polar surface area (TPSA) is 0 Å². The summed E-state index contributed by atoms with van der Waals surface area (Å²) in [5.74, 6) is -0.931. The highest BCUT2D eigenvalue weighted by Crippen LogP contribution is 2.23. The van der Waals surface area contributed by atoms with Crippen molar-refractivity contribution in [2.75, 3.05) is 5.33 Å². The largest absolute Gasteiger partial charge is 0.207 e. The predicted molar refractivity (Wildman–Crippen MR) is 60.8 cm³/mol. The van der Waals surface area contributed by atoms with Gasteiger partial charge in [0.25, 0.3) is 0 Å². The van der Waals surface area contributed by atoms with Gasteiger partial charge in [-0.2, -0.15) is 0 Å². The Morgan fingerprint density at radius 1 is 1.14 bits per heavy atom. The first-order valence-electron chi connectivity index (χ1n) is 4.35. The molecular formula is C10H10Br2F2. The monoisotopic (exact) mass is 326 g/mol. The molecule has 4 heteroatoms. The first-order chi connectivity index (χ1) is 6.66. The maximum atomic E-state index is 13.4. The second kappa shape index (κ2) is 5.81. The van der Waals surface area contributed by atoms with Crippen LogP contribution in [0, 0.1) is 11.6 Å². The molecule has 78 valence electrons. The molecule has 0 radical (unpaired) electrons. The Morgan fingerprint density at radius 3 is 2.50 bits per heavy atom. The zero-order valence-corrected chi connectivity index (χ0v) is 10.7. The van der Waals surface area contributed by atoms with E-state index in [1.54, 1.807) is 0 Å². The third-order valence-electron chi connectivity index (χ3n) is 1.95. The molecule has 0 nitrogen and oxygen atoms in total. The molecule has 0 N–H and O–H groups in total. The van der Waals surface area contributed by atoms with Crippen LogP contribution in [0.1, 0.15) is 18.4 Å². The molecule has 14 heavy (non-hydrogen) atoms. The van der Waals surface area contributed by atoms with E-state index < -0.39 is 11.6 Å². The summed E-state index contributed by atoms with van der Waals surface area (Å²) >= 11 is 6.32. The molecule has 0 saturated carbocycles. The summed E-state index contributed by atoms with van der Waals surface area (Å²) in [7, 11) is 0. The van der Waals surface area contributed by atoms with Crippen LogP contribution in [-0.2, 0) is 6.42 Å². The summed E-state index contributed by atoms with van der Waals surface area (Å²) in [6, 6.07) is 2.68. The van der Waals surface area contributed by atoms with E-state index in [4.69, 9.17) is 0 Å². The van der Waals surface area contributed by atoms with Gasteiger partial charge < -0.3 is 0 Å². The van der Waals surface area contributed by atoms with E-state index in [-0.39, 0.29) is 5.56 Å². The molecule has 0 saturated heterocycles. The van der Waals surface area contributed by atoms with Crippen molar-refractivity contribution in [2.24, 2.45) is 0 Å². The van der Waals surface area contributed by atoms with Crippen LogP contribution in [0.5, 0.6) is 0 Å². The summed E-state index contributed by atoms with van der Waals surface area (Å²) in [4.78, 5) is 0. The maximum absolute atomic E-state index is 13.4. The van der Waals surface area contributed by atoms with Crippen molar-refractivity contribution in [3.63, 3.8) is 0 Å². The Kier molecular flexibility index (Phi) is 5.02. The highest BCUT2D eigenvalue weighted by atomic mass is 79.9. The minimum absolute atomic E-state index is 0.181. The van der Waals surface area contributed by atoms with Gasteiger partial charge >= 0.3 is 0 Å². The van der Waals surface area contributed by atoms with Crippen molar-refractivity contribution in [3.8, 4) is 0 Å². The molecule has 0 atom stereocenters. The minimum atomic E-state index is -0.473. The van der Waals surface area contributed by atoms with Crippen molar-refractivity contribution in [1.82, 2.24) is 0 Å². The number of unbranched alkanes of at least 4 members (excludes halogenated alkanes) is 1. The molecule has 0 fully saturated rings. The van der Waals surface area contributed by atoms with Crippen LogP contribution >= 0.6 is 31.9 Å². The van der Waals surface area contributed by atoms with E-state index in [9.17, 15) is 8.78 Å². The van der Waals surface area contributed by atoms with Gasteiger partial charge in [0.15, 0.2) is 0 Å². The molecule has 0 unspecified atom stereocenters. The van der Waals surface area contributed by atoms with Gasteiger partial charge in [0.2, 0.25) is 0 Å². The lowest BCUT2D eigenvalue weighted by atomic mass is 10.1. The number of hydrogen-bond donors (Lipinski definition) is 0. The smallest absolute Gasteiger partial charge is 0.143 e. The molecule has 0 aromatic heterocycles. The lowest BCUT2D eigenvalue weighted by Crippen LogP contribution is -1.97. The third-order valence-corrected chi connectivity index (χ3v) is 3.12. The number of benzene rings is 1. The van der Waals surface area contributed by atoms with Crippen LogP contribution in [0.25, 0.3) is 0 Å². The Morgan fingerprint density at radius 2 is 1.86 bits per heavy atom. The van der Waals surface area contributed by atoms with Crippen LogP contribution in [0.4, 0.5) is 8.78 Å². The van der Waals surface area contributed by atoms with E-state index >= 15 is 0 Å². The predicted octanol–water partition coefficient (Wildman–Crippen LogP) is 4.44. The lowest BCUT2D eigenvalue weighted by Gasteiger charge is -2.05. The fourth-order valence-corrected chi connectivity index (χ4v) is 1.96. The molecule has 0 aliphatic carbocycles. The molecule has 0 heterocycles. The van der Waals surface area contributed by atoms with Crippen LogP contribution in [0.3, 0.4) is 0 Å². The van der Waals surface area contributed by atoms with Crippen molar-refractivity contribution in [1.29, 1.82) is 0 Å². The van der Waals surface area contributed by atoms with Crippen molar-refractivity contribution >= 4 is 31.9 Å². The van der Waals surface area contributed by atoms with E-state index in [0.717, 1.165) is 18.2 Å². The molecule has 1 aromatic rings. The van der Waals surface area contributed by atoms with Crippen LogP contribution in [0.2, 0.25) is 0 Å². The van der Waals surface area contributed by atoms with Crippen molar-refractivity contribution in [2.45, 2.75) is 19.3 Å². The molecule has 0 spiro atoms. The average Bonchev–Trinajstić information content (AvgIpc) is 2.18. The molecule has 1 rings (SSSR count). The van der Waals surface area contributed by atoms with Gasteiger partial charge in [-0.1, -0.05) is 15.9 Å². The summed E-state index contributed by atoms with van der Waals surface area (Å²) in [5.41, 5.74) is 0.181. The number of rotatable bonds is 4. The van der Waals surface area contributed by atoms with Gasteiger partial charge in [0.05, 0.1) is 4.47 Å². The molecule has 0 amide bonds. The minimum Gasteiger partial charge on any atom is -0.207 e. The normalized spacial score (nSPS) is 10.6. The lowest BCUT2D eigenvalue weighted by molar-refractivity contribution is 0.545. The molecule has 0 bridgehead atoms. The van der Waals surface area contributed by atoms with Crippen molar-refractivity contribution in [3.05, 3.63) is 33.8 Å². The summed E-state index contributed by atoms with van der Waals surface area (Å²) in [5, 5.41) is 0.865. The Labute approximate surface area is 99.0 Å². The standard InChI is InChI=1S/C10H10Br2F2/c11-6-2-1-3-7-9(13)5-4-8(12)10(7)14/h4-5H,1-3,6H2. The van der Waals surface area contributed by atoms with E-state index in [0.29, 0.717) is 10.9 Å². The first-order valence-corrected chi connectivity index (χ1v) is 6.26. The number of alkyl halides is 1. The second-order valence-corrected chi connectivity index (χ2v) is 4.62. The van der Waals surface area contributed by atoms with Crippen LogP contribution < -0.4 is 0 Å². The Hall–Kier alpha value is 0.0400. The van der Waals surface area contributed by atoms with Crippen LogP contribution in [-0.4, -0.2) is 5.33 Å². The van der Waals surface area contributed by atoms with Crippen LogP contribution in [0.15, 0.2) is 16.6 Å². The van der Waals surface area contributed by atoms with Gasteiger partial charge in [0.1, 0.15) is 11.6 Å². The Bertz CT molecular complexity index is 313. The van der Waals surface area contributed by atoms with Gasteiger partial charge in [-0.25, -0.2) is 8.78 Å². The van der Waals surface area contributed by atoms with Gasteiger partial charge in [0, 0.05) is 10.9 Å². The maximum Gasteiger partial charge on any atom is 0.143 e. The third kappa shape index (κ3) is 3.02.